The summed E-state index contributed by atoms with van der Waals surface area (Å²) in [4.78, 5) is 26.0. The van der Waals surface area contributed by atoms with Gasteiger partial charge in [0, 0.05) is 45.9 Å². The van der Waals surface area contributed by atoms with Crippen molar-refractivity contribution >= 4 is 11.8 Å². The Balaban J connectivity index is 2.34. The SMILES string of the molecule is CC(=O)N1CCN(C(=O)CCC#N)CC1. The van der Waals surface area contributed by atoms with Crippen molar-refractivity contribution in [2.75, 3.05) is 26.2 Å². The van der Waals surface area contributed by atoms with E-state index in [0.717, 1.165) is 0 Å². The molecule has 0 N–H and O–H groups in total. The average molecular weight is 209 g/mol. The van der Waals surface area contributed by atoms with Crippen molar-refractivity contribution < 1.29 is 9.59 Å². The van der Waals surface area contributed by atoms with Gasteiger partial charge >= 0.3 is 0 Å². The van der Waals surface area contributed by atoms with E-state index < -0.39 is 0 Å². The Morgan fingerprint density at radius 2 is 1.73 bits per heavy atom. The van der Waals surface area contributed by atoms with Gasteiger partial charge in [-0.2, -0.15) is 5.26 Å². The Morgan fingerprint density at radius 1 is 1.20 bits per heavy atom. The summed E-state index contributed by atoms with van der Waals surface area (Å²) in [6.45, 7) is 3.92. The van der Waals surface area contributed by atoms with Gasteiger partial charge in [-0.15, -0.1) is 0 Å². The van der Waals surface area contributed by atoms with Gasteiger partial charge in [-0.05, 0) is 0 Å². The number of rotatable bonds is 2. The van der Waals surface area contributed by atoms with Crippen molar-refractivity contribution in [2.45, 2.75) is 19.8 Å². The van der Waals surface area contributed by atoms with Crippen molar-refractivity contribution in [1.29, 1.82) is 5.26 Å². The van der Waals surface area contributed by atoms with E-state index in [4.69, 9.17) is 5.26 Å². The first-order valence-corrected chi connectivity index (χ1v) is 5.05. The second kappa shape index (κ2) is 5.35. The van der Waals surface area contributed by atoms with Crippen molar-refractivity contribution in [3.63, 3.8) is 0 Å². The molecule has 2 amide bonds. The summed E-state index contributed by atoms with van der Waals surface area (Å²) in [7, 11) is 0. The van der Waals surface area contributed by atoms with E-state index in [1.807, 2.05) is 6.07 Å². The highest BCUT2D eigenvalue weighted by molar-refractivity contribution is 5.77. The van der Waals surface area contributed by atoms with Crippen LogP contribution in [0.4, 0.5) is 0 Å². The smallest absolute Gasteiger partial charge is 0.223 e. The molecular formula is C10H15N3O2. The van der Waals surface area contributed by atoms with Gasteiger partial charge in [0.15, 0.2) is 0 Å². The van der Waals surface area contributed by atoms with Gasteiger partial charge in [0.2, 0.25) is 11.8 Å². The zero-order valence-electron chi connectivity index (χ0n) is 8.90. The standard InChI is InChI=1S/C10H15N3O2/c1-9(14)12-5-7-13(8-6-12)10(15)3-2-4-11/h2-3,5-8H2,1H3. The highest BCUT2D eigenvalue weighted by Crippen LogP contribution is 2.04. The molecule has 5 nitrogen and oxygen atoms in total. The quantitative estimate of drug-likeness (QED) is 0.642. The van der Waals surface area contributed by atoms with Gasteiger partial charge in [0.1, 0.15) is 0 Å². The summed E-state index contributed by atoms with van der Waals surface area (Å²) in [6.07, 6.45) is 0.558. The molecule has 0 spiro atoms. The molecule has 0 saturated carbocycles. The fourth-order valence-electron chi connectivity index (χ4n) is 1.59. The number of amides is 2. The van der Waals surface area contributed by atoms with Crippen LogP contribution in [0.3, 0.4) is 0 Å². The topological polar surface area (TPSA) is 64.4 Å². The number of nitrogens with zero attached hydrogens (tertiary/aromatic N) is 3. The molecule has 1 heterocycles. The maximum Gasteiger partial charge on any atom is 0.223 e. The monoisotopic (exact) mass is 209 g/mol. The summed E-state index contributed by atoms with van der Waals surface area (Å²) < 4.78 is 0. The predicted molar refractivity (Wildman–Crippen MR) is 53.7 cm³/mol. The largest absolute Gasteiger partial charge is 0.339 e. The number of hydrogen-bond donors (Lipinski definition) is 0. The van der Waals surface area contributed by atoms with Gasteiger partial charge in [-0.3, -0.25) is 9.59 Å². The molecule has 0 aromatic heterocycles. The maximum absolute atomic E-state index is 11.5. The van der Waals surface area contributed by atoms with Crippen LogP contribution in [0.1, 0.15) is 19.8 Å². The Morgan fingerprint density at radius 3 is 2.20 bits per heavy atom. The summed E-state index contributed by atoms with van der Waals surface area (Å²) in [5.74, 6) is 0.0684. The maximum atomic E-state index is 11.5. The molecule has 0 aromatic carbocycles. The molecule has 15 heavy (non-hydrogen) atoms. The second-order valence-electron chi connectivity index (χ2n) is 3.54. The third-order valence-electron chi connectivity index (χ3n) is 2.53. The minimum Gasteiger partial charge on any atom is -0.339 e. The molecule has 0 bridgehead atoms. The highest BCUT2D eigenvalue weighted by atomic mass is 16.2. The van der Waals surface area contributed by atoms with Crippen LogP contribution in [0.25, 0.3) is 0 Å². The number of nitriles is 1. The van der Waals surface area contributed by atoms with E-state index in [1.165, 1.54) is 6.92 Å². The Bertz CT molecular complexity index is 288. The Hall–Kier alpha value is -1.57. The van der Waals surface area contributed by atoms with Crippen molar-refractivity contribution in [1.82, 2.24) is 9.80 Å². The fourth-order valence-corrected chi connectivity index (χ4v) is 1.59. The second-order valence-corrected chi connectivity index (χ2v) is 3.54. The number of piperazine rings is 1. The molecule has 0 unspecified atom stereocenters. The molecule has 0 aromatic rings. The lowest BCUT2D eigenvalue weighted by molar-refractivity contribution is -0.138. The van der Waals surface area contributed by atoms with Crippen LogP contribution in [0.2, 0.25) is 0 Å². The third kappa shape index (κ3) is 3.24. The van der Waals surface area contributed by atoms with Crippen molar-refractivity contribution in [3.8, 4) is 6.07 Å². The molecule has 1 rings (SSSR count). The van der Waals surface area contributed by atoms with E-state index >= 15 is 0 Å². The third-order valence-corrected chi connectivity index (χ3v) is 2.53. The summed E-state index contributed by atoms with van der Waals surface area (Å²) in [6, 6.07) is 1.95. The molecule has 82 valence electrons. The summed E-state index contributed by atoms with van der Waals surface area (Å²) in [5.41, 5.74) is 0. The van der Waals surface area contributed by atoms with Crippen LogP contribution in [0, 0.1) is 11.3 Å². The molecular weight excluding hydrogens is 194 g/mol. The van der Waals surface area contributed by atoms with Crippen molar-refractivity contribution in [2.24, 2.45) is 0 Å². The minimum absolute atomic E-state index is 0.0137. The van der Waals surface area contributed by atoms with Gasteiger partial charge in [0.25, 0.3) is 0 Å². The number of hydrogen-bond acceptors (Lipinski definition) is 3. The van der Waals surface area contributed by atoms with E-state index in [-0.39, 0.29) is 24.7 Å². The Labute approximate surface area is 89.3 Å². The molecule has 1 aliphatic heterocycles. The van der Waals surface area contributed by atoms with Crippen LogP contribution in [0.5, 0.6) is 0 Å². The van der Waals surface area contributed by atoms with Crippen LogP contribution in [-0.2, 0) is 9.59 Å². The van der Waals surface area contributed by atoms with Crippen molar-refractivity contribution in [3.05, 3.63) is 0 Å². The summed E-state index contributed by atoms with van der Waals surface area (Å²) in [5, 5.41) is 8.35. The molecule has 5 heteroatoms. The van der Waals surface area contributed by atoms with Gasteiger partial charge < -0.3 is 9.80 Å². The summed E-state index contributed by atoms with van der Waals surface area (Å²) >= 11 is 0. The lowest BCUT2D eigenvalue weighted by Gasteiger charge is -2.34. The first-order valence-electron chi connectivity index (χ1n) is 5.05. The van der Waals surface area contributed by atoms with Gasteiger partial charge in [-0.25, -0.2) is 0 Å². The van der Waals surface area contributed by atoms with E-state index in [0.29, 0.717) is 26.2 Å². The molecule has 1 fully saturated rings. The predicted octanol–water partition coefficient (Wildman–Crippen LogP) is -0.0191. The van der Waals surface area contributed by atoms with Crippen LogP contribution in [-0.4, -0.2) is 47.8 Å². The molecule has 1 saturated heterocycles. The highest BCUT2D eigenvalue weighted by Gasteiger charge is 2.21. The normalized spacial score (nSPS) is 16.0. The molecule has 0 radical (unpaired) electrons. The van der Waals surface area contributed by atoms with Gasteiger partial charge in [-0.1, -0.05) is 0 Å². The molecule has 0 atom stereocenters. The lowest BCUT2D eigenvalue weighted by Crippen LogP contribution is -2.50. The zero-order chi connectivity index (χ0) is 11.3. The van der Waals surface area contributed by atoms with Crippen LogP contribution < -0.4 is 0 Å². The van der Waals surface area contributed by atoms with E-state index in [9.17, 15) is 9.59 Å². The fraction of sp³-hybridized carbons (Fsp3) is 0.700. The van der Waals surface area contributed by atoms with Crippen LogP contribution >= 0.6 is 0 Å². The molecule has 0 aliphatic carbocycles. The van der Waals surface area contributed by atoms with E-state index in [2.05, 4.69) is 0 Å². The first kappa shape index (κ1) is 11.5. The zero-order valence-corrected chi connectivity index (χ0v) is 8.90. The van der Waals surface area contributed by atoms with E-state index in [1.54, 1.807) is 9.80 Å². The van der Waals surface area contributed by atoms with Gasteiger partial charge in [0.05, 0.1) is 6.07 Å². The molecule has 1 aliphatic rings. The van der Waals surface area contributed by atoms with Crippen LogP contribution in [0.15, 0.2) is 0 Å². The Kier molecular flexibility index (Phi) is 4.10. The minimum atomic E-state index is 0.0137. The number of carbonyl (C=O) groups is 2. The average Bonchev–Trinajstić information content (AvgIpc) is 2.26. The first-order chi connectivity index (χ1) is 7.15. The lowest BCUT2D eigenvalue weighted by atomic mass is 10.2. The number of carbonyl (C=O) groups excluding carboxylic acids is 2.